The number of rotatable bonds is 7. The zero-order valence-corrected chi connectivity index (χ0v) is 11.5. The van der Waals surface area contributed by atoms with E-state index >= 15 is 0 Å². The topological polar surface area (TPSA) is 21.3 Å². The molecule has 17 heavy (non-hydrogen) atoms. The minimum Gasteiger partial charge on any atom is -0.384 e. The van der Waals surface area contributed by atoms with Gasteiger partial charge in [0.05, 0.1) is 6.61 Å². The van der Waals surface area contributed by atoms with Crippen LogP contribution in [0.2, 0.25) is 0 Å². The lowest BCUT2D eigenvalue weighted by molar-refractivity contribution is 0.0977. The highest BCUT2D eigenvalue weighted by Gasteiger charge is 2.17. The average molecular weight is 235 g/mol. The predicted molar refractivity (Wildman–Crippen MR) is 73.1 cm³/mol. The van der Waals surface area contributed by atoms with Crippen LogP contribution in [0.1, 0.15) is 38.8 Å². The van der Waals surface area contributed by atoms with Gasteiger partial charge in [0.2, 0.25) is 0 Å². The Kier molecular flexibility index (Phi) is 5.66. The van der Waals surface area contributed by atoms with E-state index in [4.69, 9.17) is 4.74 Å². The van der Waals surface area contributed by atoms with Crippen LogP contribution >= 0.6 is 0 Å². The molecule has 0 radical (unpaired) electrons. The summed E-state index contributed by atoms with van der Waals surface area (Å²) in [4.78, 5) is 0. The fraction of sp³-hybridized carbons (Fsp3) is 0.600. The number of hydrogen-bond donors (Lipinski definition) is 1. The Balaban J connectivity index is 2.32. The van der Waals surface area contributed by atoms with Crippen molar-refractivity contribution in [2.24, 2.45) is 5.41 Å². The summed E-state index contributed by atoms with van der Waals surface area (Å²) in [6.45, 7) is 8.52. The van der Waals surface area contributed by atoms with Crippen LogP contribution in [0.15, 0.2) is 30.3 Å². The van der Waals surface area contributed by atoms with Crippen molar-refractivity contribution in [3.05, 3.63) is 35.9 Å². The van der Waals surface area contributed by atoms with E-state index in [9.17, 15) is 0 Å². The SMILES string of the molecule is COCC(C)(C)CCNC(C)c1ccccc1. The van der Waals surface area contributed by atoms with Gasteiger partial charge in [-0.3, -0.25) is 0 Å². The molecule has 1 unspecified atom stereocenters. The minimum absolute atomic E-state index is 0.248. The van der Waals surface area contributed by atoms with Gasteiger partial charge in [-0.2, -0.15) is 0 Å². The van der Waals surface area contributed by atoms with Gasteiger partial charge in [0, 0.05) is 13.2 Å². The van der Waals surface area contributed by atoms with Crippen molar-refractivity contribution in [1.82, 2.24) is 5.32 Å². The Morgan fingerprint density at radius 1 is 1.24 bits per heavy atom. The molecule has 0 amide bonds. The highest BCUT2D eigenvalue weighted by atomic mass is 16.5. The van der Waals surface area contributed by atoms with E-state index in [0.29, 0.717) is 6.04 Å². The molecule has 0 saturated heterocycles. The van der Waals surface area contributed by atoms with Crippen LogP contribution in [0.3, 0.4) is 0 Å². The Morgan fingerprint density at radius 2 is 1.88 bits per heavy atom. The third-order valence-electron chi connectivity index (χ3n) is 3.09. The minimum atomic E-state index is 0.248. The molecule has 0 bridgehead atoms. The number of hydrogen-bond acceptors (Lipinski definition) is 2. The van der Waals surface area contributed by atoms with Gasteiger partial charge < -0.3 is 10.1 Å². The summed E-state index contributed by atoms with van der Waals surface area (Å²) in [5.74, 6) is 0. The second-order valence-corrected chi connectivity index (χ2v) is 5.43. The predicted octanol–water partition coefficient (Wildman–Crippen LogP) is 3.40. The number of nitrogens with one attached hydrogen (secondary N) is 1. The second-order valence-electron chi connectivity index (χ2n) is 5.43. The van der Waals surface area contributed by atoms with Gasteiger partial charge in [-0.25, -0.2) is 0 Å². The fourth-order valence-electron chi connectivity index (χ4n) is 1.95. The van der Waals surface area contributed by atoms with Crippen molar-refractivity contribution in [3.8, 4) is 0 Å². The molecule has 0 aliphatic heterocycles. The summed E-state index contributed by atoms with van der Waals surface area (Å²) >= 11 is 0. The van der Waals surface area contributed by atoms with Crippen LogP contribution < -0.4 is 5.32 Å². The molecular weight excluding hydrogens is 210 g/mol. The van der Waals surface area contributed by atoms with Crippen molar-refractivity contribution in [2.75, 3.05) is 20.3 Å². The molecule has 0 spiro atoms. The Morgan fingerprint density at radius 3 is 2.47 bits per heavy atom. The van der Waals surface area contributed by atoms with E-state index in [0.717, 1.165) is 19.6 Å². The molecule has 1 rings (SSSR count). The molecule has 1 N–H and O–H groups in total. The molecule has 0 aromatic heterocycles. The molecule has 96 valence electrons. The van der Waals surface area contributed by atoms with Crippen LogP contribution in [0.25, 0.3) is 0 Å². The van der Waals surface area contributed by atoms with Gasteiger partial charge in [0.25, 0.3) is 0 Å². The first-order valence-electron chi connectivity index (χ1n) is 6.32. The van der Waals surface area contributed by atoms with Crippen molar-refractivity contribution in [3.63, 3.8) is 0 Å². The molecule has 0 aliphatic carbocycles. The van der Waals surface area contributed by atoms with Crippen molar-refractivity contribution in [2.45, 2.75) is 33.2 Å². The van der Waals surface area contributed by atoms with Crippen molar-refractivity contribution < 1.29 is 4.74 Å². The van der Waals surface area contributed by atoms with Gasteiger partial charge in [0.1, 0.15) is 0 Å². The molecular formula is C15H25NO. The molecule has 0 saturated carbocycles. The molecule has 0 aliphatic rings. The third kappa shape index (κ3) is 5.33. The lowest BCUT2D eigenvalue weighted by atomic mass is 9.90. The molecule has 1 aromatic carbocycles. The van der Waals surface area contributed by atoms with E-state index in [1.807, 2.05) is 0 Å². The van der Waals surface area contributed by atoms with Crippen LogP contribution in [-0.4, -0.2) is 20.3 Å². The maximum absolute atomic E-state index is 5.22. The average Bonchev–Trinajstić information content (AvgIpc) is 2.29. The quantitative estimate of drug-likeness (QED) is 0.782. The Labute approximate surface area is 105 Å². The summed E-state index contributed by atoms with van der Waals surface area (Å²) in [5, 5.41) is 3.56. The molecule has 0 heterocycles. The Hall–Kier alpha value is -0.860. The van der Waals surface area contributed by atoms with Gasteiger partial charge in [-0.1, -0.05) is 44.2 Å². The first-order chi connectivity index (χ1) is 8.05. The van der Waals surface area contributed by atoms with Crippen LogP contribution in [0.5, 0.6) is 0 Å². The standard InChI is InChI=1S/C15H25NO/c1-13(14-8-6-5-7-9-14)16-11-10-15(2,3)12-17-4/h5-9,13,16H,10-12H2,1-4H3. The molecule has 1 aromatic rings. The van der Waals surface area contributed by atoms with Gasteiger partial charge in [0.15, 0.2) is 0 Å². The van der Waals surface area contributed by atoms with Gasteiger partial charge in [-0.15, -0.1) is 0 Å². The van der Waals surface area contributed by atoms with Crippen LogP contribution in [0.4, 0.5) is 0 Å². The zero-order chi connectivity index (χ0) is 12.7. The maximum Gasteiger partial charge on any atom is 0.0513 e. The largest absolute Gasteiger partial charge is 0.384 e. The van der Waals surface area contributed by atoms with E-state index in [1.165, 1.54) is 5.56 Å². The first-order valence-corrected chi connectivity index (χ1v) is 6.32. The summed E-state index contributed by atoms with van der Waals surface area (Å²) < 4.78 is 5.22. The molecule has 0 fully saturated rings. The summed E-state index contributed by atoms with van der Waals surface area (Å²) in [6, 6.07) is 11.0. The van der Waals surface area contributed by atoms with Crippen LogP contribution in [-0.2, 0) is 4.74 Å². The highest BCUT2D eigenvalue weighted by Crippen LogP contribution is 2.20. The monoisotopic (exact) mass is 235 g/mol. The van der Waals surface area contributed by atoms with E-state index in [1.54, 1.807) is 7.11 Å². The van der Waals surface area contributed by atoms with E-state index in [-0.39, 0.29) is 5.41 Å². The highest BCUT2D eigenvalue weighted by molar-refractivity contribution is 5.17. The van der Waals surface area contributed by atoms with Crippen molar-refractivity contribution in [1.29, 1.82) is 0 Å². The maximum atomic E-state index is 5.22. The van der Waals surface area contributed by atoms with Gasteiger partial charge in [-0.05, 0) is 30.9 Å². The smallest absolute Gasteiger partial charge is 0.0513 e. The first kappa shape index (κ1) is 14.2. The summed E-state index contributed by atoms with van der Waals surface area (Å²) in [5.41, 5.74) is 1.59. The molecule has 1 atom stereocenters. The van der Waals surface area contributed by atoms with E-state index < -0.39 is 0 Å². The van der Waals surface area contributed by atoms with Crippen molar-refractivity contribution >= 4 is 0 Å². The van der Waals surface area contributed by atoms with Crippen LogP contribution in [0, 0.1) is 5.41 Å². The number of benzene rings is 1. The summed E-state index contributed by atoms with van der Waals surface area (Å²) in [6.07, 6.45) is 1.12. The Bertz CT molecular complexity index is 308. The normalized spacial score (nSPS) is 13.6. The third-order valence-corrected chi connectivity index (χ3v) is 3.09. The second kappa shape index (κ2) is 6.77. The summed E-state index contributed by atoms with van der Waals surface area (Å²) in [7, 11) is 1.77. The zero-order valence-electron chi connectivity index (χ0n) is 11.5. The van der Waals surface area contributed by atoms with E-state index in [2.05, 4.69) is 56.4 Å². The molecule has 2 nitrogen and oxygen atoms in total. The van der Waals surface area contributed by atoms with Gasteiger partial charge >= 0.3 is 0 Å². The lowest BCUT2D eigenvalue weighted by Crippen LogP contribution is -2.27. The lowest BCUT2D eigenvalue weighted by Gasteiger charge is -2.24. The fourth-order valence-corrected chi connectivity index (χ4v) is 1.95. The number of ether oxygens (including phenoxy) is 1. The number of methoxy groups -OCH3 is 1. The molecule has 2 heteroatoms.